The Morgan fingerprint density at radius 1 is 1.00 bits per heavy atom. The molecular formula is C28H29FN2O2S. The number of halogens is 1. The Bertz CT molecular complexity index is 1190. The molecule has 6 heteroatoms. The molecule has 4 nitrogen and oxygen atoms in total. The van der Waals surface area contributed by atoms with E-state index in [0.717, 1.165) is 11.1 Å². The van der Waals surface area contributed by atoms with Crippen molar-refractivity contribution in [3.63, 3.8) is 0 Å². The largest absolute Gasteiger partial charge is 0.324 e. The third-order valence-corrected chi connectivity index (χ3v) is 7.31. The van der Waals surface area contributed by atoms with Crippen LogP contribution in [0, 0.1) is 12.7 Å². The summed E-state index contributed by atoms with van der Waals surface area (Å²) < 4.78 is 14.0. The summed E-state index contributed by atoms with van der Waals surface area (Å²) >= 11 is 1.47. The SMILES string of the molecule is Cc1ccc(NC(=O)[C@@H]2CS[C@@H](c3cccc(F)c3)N2C(=O)c2ccc(C(C)(C)C)cc2)cc1. The maximum absolute atomic E-state index is 14.0. The minimum absolute atomic E-state index is 0.0361. The van der Waals surface area contributed by atoms with Crippen molar-refractivity contribution in [2.45, 2.75) is 44.5 Å². The third-order valence-electron chi connectivity index (χ3n) is 5.99. The second kappa shape index (κ2) is 9.63. The molecule has 4 rings (SSSR count). The van der Waals surface area contributed by atoms with Crippen molar-refractivity contribution in [3.05, 3.63) is 101 Å². The highest BCUT2D eigenvalue weighted by Crippen LogP contribution is 2.42. The van der Waals surface area contributed by atoms with Crippen molar-refractivity contribution in [2.24, 2.45) is 0 Å². The summed E-state index contributed by atoms with van der Waals surface area (Å²) in [6.45, 7) is 8.33. The Hall–Kier alpha value is -3.12. The number of thioether (sulfide) groups is 1. The lowest BCUT2D eigenvalue weighted by Crippen LogP contribution is -2.45. The van der Waals surface area contributed by atoms with Gasteiger partial charge in [0.15, 0.2) is 0 Å². The van der Waals surface area contributed by atoms with Crippen LogP contribution in [0.3, 0.4) is 0 Å². The maximum atomic E-state index is 14.0. The van der Waals surface area contributed by atoms with Crippen LogP contribution in [0.15, 0.2) is 72.8 Å². The summed E-state index contributed by atoms with van der Waals surface area (Å²) in [5, 5.41) is 2.48. The minimum atomic E-state index is -0.686. The molecule has 0 saturated carbocycles. The zero-order valence-electron chi connectivity index (χ0n) is 19.8. The molecule has 0 unspecified atom stereocenters. The predicted molar refractivity (Wildman–Crippen MR) is 137 cm³/mol. The van der Waals surface area contributed by atoms with Gasteiger partial charge in [-0.1, -0.05) is 62.7 Å². The lowest BCUT2D eigenvalue weighted by molar-refractivity contribution is -0.119. The number of hydrogen-bond donors (Lipinski definition) is 1. The summed E-state index contributed by atoms with van der Waals surface area (Å²) in [5.74, 6) is -0.448. The first kappa shape index (κ1) is 24.0. The monoisotopic (exact) mass is 476 g/mol. The fraction of sp³-hybridized carbons (Fsp3) is 0.286. The molecule has 34 heavy (non-hydrogen) atoms. The standard InChI is InChI=1S/C28H29FN2O2S/c1-18-8-14-23(15-9-18)30-25(32)24-17-34-27(20-6-5-7-22(29)16-20)31(24)26(33)19-10-12-21(13-11-19)28(2,3)4/h5-16,24,27H,17H2,1-4H3,(H,30,32)/t24-,27-/m0/s1. The van der Waals surface area contributed by atoms with Crippen LogP contribution in [0.5, 0.6) is 0 Å². The summed E-state index contributed by atoms with van der Waals surface area (Å²) in [7, 11) is 0. The molecule has 1 aliphatic heterocycles. The Labute approximate surface area is 204 Å². The molecular weight excluding hydrogens is 447 g/mol. The molecule has 176 valence electrons. The van der Waals surface area contributed by atoms with Gasteiger partial charge in [0.05, 0.1) is 0 Å². The van der Waals surface area contributed by atoms with Crippen LogP contribution in [0.1, 0.15) is 53.2 Å². The molecule has 0 radical (unpaired) electrons. The lowest BCUT2D eigenvalue weighted by atomic mass is 9.86. The number of carbonyl (C=O) groups excluding carboxylic acids is 2. The van der Waals surface area contributed by atoms with Crippen LogP contribution in [0.25, 0.3) is 0 Å². The summed E-state index contributed by atoms with van der Waals surface area (Å²) in [6, 6.07) is 20.6. The molecule has 0 aromatic heterocycles. The Kier molecular flexibility index (Phi) is 6.80. The highest BCUT2D eigenvalue weighted by atomic mass is 32.2. The number of amides is 2. The molecule has 3 aromatic rings. The fourth-order valence-corrected chi connectivity index (χ4v) is 5.42. The third kappa shape index (κ3) is 5.17. The van der Waals surface area contributed by atoms with E-state index in [4.69, 9.17) is 0 Å². The van der Waals surface area contributed by atoms with Gasteiger partial charge in [-0.2, -0.15) is 0 Å². The zero-order valence-corrected chi connectivity index (χ0v) is 20.7. The van der Waals surface area contributed by atoms with Gasteiger partial charge in [0, 0.05) is 17.0 Å². The number of benzene rings is 3. The number of anilines is 1. The van der Waals surface area contributed by atoms with Crippen molar-refractivity contribution in [1.29, 1.82) is 0 Å². The van der Waals surface area contributed by atoms with E-state index in [1.807, 2.05) is 55.5 Å². The number of nitrogens with zero attached hydrogens (tertiary/aromatic N) is 1. The normalized spacial score (nSPS) is 18.1. The molecule has 1 fully saturated rings. The van der Waals surface area contributed by atoms with E-state index < -0.39 is 11.4 Å². The summed E-state index contributed by atoms with van der Waals surface area (Å²) in [5.41, 5.74) is 4.02. The van der Waals surface area contributed by atoms with Gasteiger partial charge in [-0.15, -0.1) is 11.8 Å². The van der Waals surface area contributed by atoms with Gasteiger partial charge in [0.1, 0.15) is 17.2 Å². The molecule has 2 amide bonds. The van der Waals surface area contributed by atoms with E-state index in [1.165, 1.54) is 23.9 Å². The molecule has 0 aliphatic carbocycles. The molecule has 2 atom stereocenters. The summed E-state index contributed by atoms with van der Waals surface area (Å²) in [4.78, 5) is 28.6. The van der Waals surface area contributed by atoms with Gasteiger partial charge in [-0.3, -0.25) is 9.59 Å². The highest BCUT2D eigenvalue weighted by molar-refractivity contribution is 7.99. The first-order chi connectivity index (χ1) is 16.1. The second-order valence-electron chi connectivity index (χ2n) is 9.65. The first-order valence-corrected chi connectivity index (χ1v) is 12.4. The van der Waals surface area contributed by atoms with Crippen molar-refractivity contribution in [3.8, 4) is 0 Å². The number of nitrogens with one attached hydrogen (secondary N) is 1. The number of hydrogen-bond acceptors (Lipinski definition) is 3. The van der Waals surface area contributed by atoms with Crippen LogP contribution in [-0.4, -0.2) is 28.5 Å². The van der Waals surface area contributed by atoms with Crippen LogP contribution >= 0.6 is 11.8 Å². The Morgan fingerprint density at radius 3 is 2.29 bits per heavy atom. The van der Waals surface area contributed by atoms with Gasteiger partial charge >= 0.3 is 0 Å². The highest BCUT2D eigenvalue weighted by Gasteiger charge is 2.42. The van der Waals surface area contributed by atoms with Crippen LogP contribution in [-0.2, 0) is 10.2 Å². The number of rotatable bonds is 4. The van der Waals surface area contributed by atoms with E-state index in [9.17, 15) is 14.0 Å². The van der Waals surface area contributed by atoms with Crippen LogP contribution < -0.4 is 5.32 Å². The minimum Gasteiger partial charge on any atom is -0.324 e. The smallest absolute Gasteiger partial charge is 0.255 e. The second-order valence-corrected chi connectivity index (χ2v) is 10.8. The first-order valence-electron chi connectivity index (χ1n) is 11.3. The van der Waals surface area contributed by atoms with Crippen LogP contribution in [0.2, 0.25) is 0 Å². The van der Waals surface area contributed by atoms with E-state index in [0.29, 0.717) is 22.6 Å². The van der Waals surface area contributed by atoms with Crippen molar-refractivity contribution in [1.82, 2.24) is 4.90 Å². The Morgan fingerprint density at radius 2 is 1.68 bits per heavy atom. The van der Waals surface area contributed by atoms with Gasteiger partial charge in [-0.25, -0.2) is 4.39 Å². The Balaban J connectivity index is 1.66. The molecule has 1 aliphatic rings. The lowest BCUT2D eigenvalue weighted by Gasteiger charge is -2.29. The van der Waals surface area contributed by atoms with Crippen LogP contribution in [0.4, 0.5) is 10.1 Å². The summed E-state index contributed by atoms with van der Waals surface area (Å²) in [6.07, 6.45) is 0. The zero-order chi connectivity index (χ0) is 24.5. The molecule has 1 N–H and O–H groups in total. The number of carbonyl (C=O) groups is 2. The van der Waals surface area contributed by atoms with E-state index in [2.05, 4.69) is 26.1 Å². The average Bonchev–Trinajstić information content (AvgIpc) is 3.25. The molecule has 0 bridgehead atoms. The average molecular weight is 477 g/mol. The van der Waals surface area contributed by atoms with E-state index in [1.54, 1.807) is 17.0 Å². The van der Waals surface area contributed by atoms with Gasteiger partial charge in [-0.05, 0) is 59.9 Å². The quantitative estimate of drug-likeness (QED) is 0.479. The molecule has 0 spiro atoms. The number of aryl methyl sites for hydroxylation is 1. The maximum Gasteiger partial charge on any atom is 0.255 e. The molecule has 1 heterocycles. The van der Waals surface area contributed by atoms with Gasteiger partial charge in [0.25, 0.3) is 5.91 Å². The fourth-order valence-electron chi connectivity index (χ4n) is 4.00. The van der Waals surface area contributed by atoms with E-state index in [-0.39, 0.29) is 23.0 Å². The van der Waals surface area contributed by atoms with Crippen molar-refractivity contribution in [2.75, 3.05) is 11.1 Å². The van der Waals surface area contributed by atoms with Gasteiger partial charge < -0.3 is 10.2 Å². The van der Waals surface area contributed by atoms with Gasteiger partial charge in [0.2, 0.25) is 5.91 Å². The molecule has 1 saturated heterocycles. The van der Waals surface area contributed by atoms with E-state index >= 15 is 0 Å². The van der Waals surface area contributed by atoms with Crippen molar-refractivity contribution >= 4 is 29.3 Å². The predicted octanol–water partition coefficient (Wildman–Crippen LogP) is 6.33. The van der Waals surface area contributed by atoms with Crippen molar-refractivity contribution < 1.29 is 14.0 Å². The topological polar surface area (TPSA) is 49.4 Å². The molecule has 3 aromatic carbocycles.